The van der Waals surface area contributed by atoms with E-state index in [-0.39, 0.29) is 31.1 Å². The van der Waals surface area contributed by atoms with Crippen molar-refractivity contribution in [2.75, 3.05) is 18.9 Å². The number of nitrogens with two attached hydrogens (primary N) is 3. The highest BCUT2D eigenvalue weighted by atomic mass is 32.1. The molecule has 0 aromatic carbocycles. The Morgan fingerprint density at radius 3 is 1.91 bits per heavy atom. The molecule has 12 N–H and O–H groups in total. The summed E-state index contributed by atoms with van der Waals surface area (Å²) in [6.45, 7) is -0.601. The zero-order valence-electron chi connectivity index (χ0n) is 17.1. The third kappa shape index (κ3) is 11.3. The van der Waals surface area contributed by atoms with Crippen LogP contribution in [0.2, 0.25) is 0 Å². The normalized spacial score (nSPS) is 14.2. The first kappa shape index (κ1) is 28.9. The number of nitrogens with zero attached hydrogens (tertiary/aromatic N) is 1. The van der Waals surface area contributed by atoms with Crippen molar-refractivity contribution >= 4 is 48.2 Å². The van der Waals surface area contributed by atoms with E-state index in [1.807, 2.05) is 0 Å². The predicted octanol–water partition coefficient (Wildman–Crippen LogP) is -4.70. The summed E-state index contributed by atoms with van der Waals surface area (Å²) in [5, 5.41) is 33.6. The van der Waals surface area contributed by atoms with Crippen LogP contribution in [0.3, 0.4) is 0 Å². The van der Waals surface area contributed by atoms with Gasteiger partial charge in [-0.05, 0) is 12.8 Å². The maximum absolute atomic E-state index is 12.4. The van der Waals surface area contributed by atoms with Crippen molar-refractivity contribution in [1.82, 2.24) is 16.0 Å². The highest BCUT2D eigenvalue weighted by Crippen LogP contribution is 2.02. The van der Waals surface area contributed by atoms with Crippen molar-refractivity contribution in [2.24, 2.45) is 22.2 Å². The quantitative estimate of drug-likeness (QED) is 0.0461. The number of guanidine groups is 1. The molecule has 0 aromatic rings. The van der Waals surface area contributed by atoms with Gasteiger partial charge < -0.3 is 48.5 Å². The van der Waals surface area contributed by atoms with Crippen molar-refractivity contribution in [3.8, 4) is 0 Å². The minimum atomic E-state index is -1.61. The summed E-state index contributed by atoms with van der Waals surface area (Å²) < 4.78 is 0. The van der Waals surface area contributed by atoms with Crippen LogP contribution in [-0.2, 0) is 24.0 Å². The van der Waals surface area contributed by atoms with Gasteiger partial charge in [0.1, 0.15) is 24.2 Å². The van der Waals surface area contributed by atoms with Gasteiger partial charge in [0, 0.05) is 12.3 Å². The van der Waals surface area contributed by atoms with Crippen molar-refractivity contribution in [3.05, 3.63) is 0 Å². The molecule has 0 rings (SSSR count). The standard InChI is InChI=1S/C16H29N7O8S/c17-7(5-24)12(27)22-9(4-11(25)26)13(28)23-10(6-32)14(29)21-8(15(30)31)2-1-3-20-16(18)19/h7-10,24,32H,1-6,17H2,(H,21,29)(H,22,27)(H,23,28)(H,25,26)(H,30,31)(H4,18,19,20). The molecule has 15 nitrogen and oxygen atoms in total. The predicted molar refractivity (Wildman–Crippen MR) is 115 cm³/mol. The molecule has 32 heavy (non-hydrogen) atoms. The lowest BCUT2D eigenvalue weighted by Gasteiger charge is -2.23. The molecular weight excluding hydrogens is 450 g/mol. The van der Waals surface area contributed by atoms with E-state index >= 15 is 0 Å². The van der Waals surface area contributed by atoms with Gasteiger partial charge in [0.25, 0.3) is 0 Å². The molecule has 0 aromatic heterocycles. The van der Waals surface area contributed by atoms with Gasteiger partial charge in [0.05, 0.1) is 13.0 Å². The van der Waals surface area contributed by atoms with E-state index in [1.54, 1.807) is 0 Å². The van der Waals surface area contributed by atoms with Gasteiger partial charge in [-0.25, -0.2) is 4.79 Å². The molecule has 0 heterocycles. The number of carboxylic acid groups (broad SMARTS) is 2. The van der Waals surface area contributed by atoms with E-state index in [0.29, 0.717) is 0 Å². The van der Waals surface area contributed by atoms with Crippen LogP contribution in [0.4, 0.5) is 0 Å². The second kappa shape index (κ2) is 14.8. The molecule has 4 atom stereocenters. The SMILES string of the molecule is NC(N)=NCCCC(NC(=O)C(CS)NC(=O)C(CC(=O)O)NC(=O)C(N)CO)C(=O)O. The number of hydrogen-bond acceptors (Lipinski definition) is 9. The number of hydrogen-bond donors (Lipinski definition) is 10. The average Bonchev–Trinajstić information content (AvgIpc) is 2.71. The third-order valence-corrected chi connectivity index (χ3v) is 4.29. The number of amides is 3. The number of aliphatic carboxylic acids is 2. The van der Waals surface area contributed by atoms with Crippen LogP contribution in [0.5, 0.6) is 0 Å². The van der Waals surface area contributed by atoms with Crippen molar-refractivity contribution in [2.45, 2.75) is 43.4 Å². The van der Waals surface area contributed by atoms with E-state index in [2.05, 4.69) is 33.6 Å². The molecule has 182 valence electrons. The summed E-state index contributed by atoms with van der Waals surface area (Å²) in [6.07, 6.45) is -0.605. The molecule has 0 spiro atoms. The summed E-state index contributed by atoms with van der Waals surface area (Å²) in [5.41, 5.74) is 15.7. The molecule has 0 aliphatic rings. The fourth-order valence-electron chi connectivity index (χ4n) is 2.25. The number of nitrogens with one attached hydrogen (secondary N) is 3. The topological polar surface area (TPSA) is 273 Å². The molecule has 0 radical (unpaired) electrons. The Morgan fingerprint density at radius 2 is 1.44 bits per heavy atom. The largest absolute Gasteiger partial charge is 0.481 e. The van der Waals surface area contributed by atoms with Crippen LogP contribution in [0.15, 0.2) is 4.99 Å². The van der Waals surface area contributed by atoms with Gasteiger partial charge in [-0.3, -0.25) is 24.2 Å². The Labute approximate surface area is 188 Å². The first-order valence-electron chi connectivity index (χ1n) is 9.31. The number of carbonyl (C=O) groups is 5. The monoisotopic (exact) mass is 479 g/mol. The average molecular weight is 480 g/mol. The van der Waals surface area contributed by atoms with E-state index < -0.39 is 66.9 Å². The van der Waals surface area contributed by atoms with Crippen LogP contribution in [0.1, 0.15) is 19.3 Å². The van der Waals surface area contributed by atoms with Gasteiger partial charge >= 0.3 is 11.9 Å². The molecule has 0 fully saturated rings. The summed E-state index contributed by atoms with van der Waals surface area (Å²) in [7, 11) is 0. The van der Waals surface area contributed by atoms with E-state index in [1.165, 1.54) is 0 Å². The number of carboxylic acids is 2. The lowest BCUT2D eigenvalue weighted by atomic mass is 10.1. The Kier molecular flexibility index (Phi) is 13.4. The van der Waals surface area contributed by atoms with Crippen LogP contribution in [0, 0.1) is 0 Å². The molecule has 16 heteroatoms. The van der Waals surface area contributed by atoms with E-state index in [4.69, 9.17) is 27.4 Å². The van der Waals surface area contributed by atoms with E-state index in [9.17, 15) is 29.1 Å². The zero-order chi connectivity index (χ0) is 24.8. The van der Waals surface area contributed by atoms with Crippen LogP contribution >= 0.6 is 12.6 Å². The van der Waals surface area contributed by atoms with Crippen LogP contribution < -0.4 is 33.2 Å². The van der Waals surface area contributed by atoms with Crippen molar-refractivity contribution < 1.29 is 39.3 Å². The number of aliphatic hydroxyl groups excluding tert-OH is 1. The van der Waals surface area contributed by atoms with Crippen LogP contribution in [0.25, 0.3) is 0 Å². The molecule has 0 saturated carbocycles. The van der Waals surface area contributed by atoms with Crippen molar-refractivity contribution in [1.29, 1.82) is 0 Å². The summed E-state index contributed by atoms with van der Waals surface area (Å²) in [6, 6.07) is -5.65. The zero-order valence-corrected chi connectivity index (χ0v) is 18.0. The number of aliphatic imine (C=N–C) groups is 1. The molecule has 0 aliphatic carbocycles. The van der Waals surface area contributed by atoms with Gasteiger partial charge in [0.15, 0.2) is 5.96 Å². The lowest BCUT2D eigenvalue weighted by molar-refractivity contribution is -0.143. The van der Waals surface area contributed by atoms with Crippen molar-refractivity contribution in [3.63, 3.8) is 0 Å². The number of aliphatic hydroxyl groups is 1. The van der Waals surface area contributed by atoms with E-state index in [0.717, 1.165) is 0 Å². The first-order chi connectivity index (χ1) is 14.9. The van der Waals surface area contributed by atoms with Crippen LogP contribution in [-0.4, -0.2) is 94.0 Å². The fourth-order valence-corrected chi connectivity index (χ4v) is 2.50. The number of carbonyl (C=O) groups excluding carboxylic acids is 3. The second-order valence-electron chi connectivity index (χ2n) is 6.54. The maximum Gasteiger partial charge on any atom is 0.326 e. The smallest absolute Gasteiger partial charge is 0.326 e. The van der Waals surface area contributed by atoms with Gasteiger partial charge in [-0.1, -0.05) is 0 Å². The number of rotatable bonds is 15. The minimum Gasteiger partial charge on any atom is -0.481 e. The highest BCUT2D eigenvalue weighted by Gasteiger charge is 2.30. The fraction of sp³-hybridized carbons (Fsp3) is 0.625. The highest BCUT2D eigenvalue weighted by molar-refractivity contribution is 7.80. The molecular formula is C16H29N7O8S. The summed E-state index contributed by atoms with van der Waals surface area (Å²) >= 11 is 3.94. The lowest BCUT2D eigenvalue weighted by Crippen LogP contribution is -2.58. The maximum atomic E-state index is 12.4. The second-order valence-corrected chi connectivity index (χ2v) is 6.91. The molecule has 3 amide bonds. The summed E-state index contributed by atoms with van der Waals surface area (Å²) in [5.74, 6) is -6.10. The minimum absolute atomic E-state index is 0.0121. The van der Waals surface area contributed by atoms with Gasteiger partial charge in [-0.2, -0.15) is 12.6 Å². The molecule has 0 saturated heterocycles. The Morgan fingerprint density at radius 1 is 0.906 bits per heavy atom. The Bertz CT molecular complexity index is 717. The molecule has 0 aliphatic heterocycles. The first-order valence-corrected chi connectivity index (χ1v) is 9.94. The number of thiol groups is 1. The molecule has 4 unspecified atom stereocenters. The Hall–Kier alpha value is -3.11. The molecule has 0 bridgehead atoms. The van der Waals surface area contributed by atoms with Gasteiger partial charge in [0.2, 0.25) is 17.7 Å². The van der Waals surface area contributed by atoms with Gasteiger partial charge in [-0.15, -0.1) is 0 Å². The third-order valence-electron chi connectivity index (χ3n) is 3.92. The Balaban J connectivity index is 5.15. The summed E-state index contributed by atoms with van der Waals surface area (Å²) in [4.78, 5) is 62.8.